The molecule has 1 atom stereocenters. The number of nitrogens with zero attached hydrogens (tertiary/aromatic N) is 2. The molecule has 1 aromatic rings. The molecule has 0 saturated heterocycles. The van der Waals surface area contributed by atoms with Crippen molar-refractivity contribution in [1.29, 1.82) is 0 Å². The maximum absolute atomic E-state index is 12.6. The lowest BCUT2D eigenvalue weighted by molar-refractivity contribution is -0.385. The minimum absolute atomic E-state index is 0.00311. The van der Waals surface area contributed by atoms with Crippen molar-refractivity contribution in [3.05, 3.63) is 33.9 Å². The van der Waals surface area contributed by atoms with Crippen LogP contribution in [0.15, 0.2) is 18.2 Å². The molecule has 0 heterocycles. The highest BCUT2D eigenvalue weighted by Crippen LogP contribution is 2.25. The van der Waals surface area contributed by atoms with Crippen molar-refractivity contribution in [2.24, 2.45) is 0 Å². The van der Waals surface area contributed by atoms with Crippen molar-refractivity contribution in [3.8, 4) is 5.75 Å². The Morgan fingerprint density at radius 3 is 2.60 bits per heavy atom. The molecule has 1 aliphatic rings. The second-order valence-corrected chi connectivity index (χ2v) is 7.83. The summed E-state index contributed by atoms with van der Waals surface area (Å²) in [5.41, 5.74) is -0.238. The molecular formula is C22H32N2O6. The maximum atomic E-state index is 12.6. The van der Waals surface area contributed by atoms with E-state index in [0.29, 0.717) is 25.1 Å². The van der Waals surface area contributed by atoms with Crippen molar-refractivity contribution >= 4 is 17.9 Å². The van der Waals surface area contributed by atoms with Gasteiger partial charge < -0.3 is 14.7 Å². The molecule has 2 rings (SSSR count). The summed E-state index contributed by atoms with van der Waals surface area (Å²) in [6, 6.07) is 4.29. The van der Waals surface area contributed by atoms with Crippen molar-refractivity contribution < 1.29 is 24.4 Å². The summed E-state index contributed by atoms with van der Waals surface area (Å²) in [5.74, 6) is 0.457. The van der Waals surface area contributed by atoms with E-state index >= 15 is 0 Å². The van der Waals surface area contributed by atoms with Gasteiger partial charge >= 0.3 is 0 Å². The highest BCUT2D eigenvalue weighted by Gasteiger charge is 2.27. The Bertz CT molecular complexity index is 716. The first kappa shape index (κ1) is 23.8. The number of aldehydes is 1. The van der Waals surface area contributed by atoms with Crippen LogP contribution in [0.5, 0.6) is 5.75 Å². The summed E-state index contributed by atoms with van der Waals surface area (Å²) in [5, 5.41) is 20.9. The van der Waals surface area contributed by atoms with E-state index in [1.807, 2.05) is 0 Å². The van der Waals surface area contributed by atoms with Crippen LogP contribution in [0.2, 0.25) is 0 Å². The molecule has 1 fully saturated rings. The smallest absolute Gasteiger partial charge is 0.280 e. The third-order valence-electron chi connectivity index (χ3n) is 5.54. The maximum Gasteiger partial charge on any atom is 0.280 e. The number of rotatable bonds is 12. The summed E-state index contributed by atoms with van der Waals surface area (Å²) in [6.45, 7) is 2.10. The van der Waals surface area contributed by atoms with Gasteiger partial charge in [0.05, 0.1) is 17.1 Å². The standard InChI is InChI=1S/C22H32N2O6/c1-17(26)23(19-9-5-4-6-10-19)22(27)11-7-2-3-8-14-30-20-12-13-21(24(28)29)18(15-20)16-25/h12-13,15-17,19,26H,2-11,14H2,1H3. The lowest BCUT2D eigenvalue weighted by Gasteiger charge is -2.36. The van der Waals surface area contributed by atoms with Crippen molar-refractivity contribution in [2.75, 3.05) is 6.61 Å². The van der Waals surface area contributed by atoms with Gasteiger partial charge in [0.2, 0.25) is 5.91 Å². The number of hydrogen-bond acceptors (Lipinski definition) is 6. The molecule has 1 aliphatic carbocycles. The molecule has 0 spiro atoms. The zero-order valence-corrected chi connectivity index (χ0v) is 17.6. The van der Waals surface area contributed by atoms with E-state index < -0.39 is 11.2 Å². The fourth-order valence-corrected chi connectivity index (χ4v) is 4.01. The largest absolute Gasteiger partial charge is 0.494 e. The molecule has 0 aliphatic heterocycles. The number of unbranched alkanes of at least 4 members (excludes halogenated alkanes) is 3. The average Bonchev–Trinajstić information content (AvgIpc) is 2.73. The second kappa shape index (κ2) is 12.3. The monoisotopic (exact) mass is 420 g/mol. The molecule has 1 N–H and O–H groups in total. The van der Waals surface area contributed by atoms with Gasteiger partial charge in [-0.2, -0.15) is 0 Å². The zero-order chi connectivity index (χ0) is 21.9. The van der Waals surface area contributed by atoms with Crippen LogP contribution in [0.3, 0.4) is 0 Å². The van der Waals surface area contributed by atoms with Gasteiger partial charge in [0, 0.05) is 18.5 Å². The van der Waals surface area contributed by atoms with Gasteiger partial charge in [-0.25, -0.2) is 0 Å². The molecule has 1 unspecified atom stereocenters. The Balaban J connectivity index is 1.66. The highest BCUT2D eigenvalue weighted by molar-refractivity contribution is 5.82. The summed E-state index contributed by atoms with van der Waals surface area (Å²) < 4.78 is 5.57. The SMILES string of the molecule is CC(O)N(C(=O)CCCCCCOc1ccc([N+](=O)[O-])c(C=O)c1)C1CCCCC1. The van der Waals surface area contributed by atoms with Crippen LogP contribution in [0.1, 0.15) is 81.5 Å². The predicted octanol–water partition coefficient (Wildman–Crippen LogP) is 4.24. The van der Waals surface area contributed by atoms with Gasteiger partial charge in [-0.15, -0.1) is 0 Å². The molecule has 8 nitrogen and oxygen atoms in total. The summed E-state index contributed by atoms with van der Waals surface area (Å²) >= 11 is 0. The van der Waals surface area contributed by atoms with Gasteiger partial charge in [-0.1, -0.05) is 32.1 Å². The number of hydrogen-bond donors (Lipinski definition) is 1. The van der Waals surface area contributed by atoms with E-state index in [-0.39, 0.29) is 23.2 Å². The van der Waals surface area contributed by atoms with Gasteiger partial charge in [-0.05, 0) is 44.7 Å². The molecule has 1 saturated carbocycles. The predicted molar refractivity (Wildman–Crippen MR) is 112 cm³/mol. The number of aliphatic hydroxyl groups excluding tert-OH is 1. The van der Waals surface area contributed by atoms with Crippen LogP contribution in [0, 0.1) is 10.1 Å². The fourth-order valence-electron chi connectivity index (χ4n) is 4.01. The van der Waals surface area contributed by atoms with Crippen molar-refractivity contribution in [1.82, 2.24) is 4.90 Å². The van der Waals surface area contributed by atoms with E-state index in [1.165, 1.54) is 24.6 Å². The van der Waals surface area contributed by atoms with E-state index in [9.17, 15) is 24.8 Å². The first-order valence-electron chi connectivity index (χ1n) is 10.8. The Labute approximate surface area is 177 Å². The number of nitro groups is 1. The molecule has 0 bridgehead atoms. The van der Waals surface area contributed by atoms with Gasteiger partial charge in [0.15, 0.2) is 6.29 Å². The summed E-state index contributed by atoms with van der Waals surface area (Å²) in [4.78, 5) is 35.4. The number of benzene rings is 1. The number of nitro benzene ring substituents is 1. The number of aliphatic hydroxyl groups is 1. The van der Waals surface area contributed by atoms with E-state index in [4.69, 9.17) is 4.74 Å². The Kier molecular flexibility index (Phi) is 9.73. The molecule has 0 aromatic heterocycles. The minimum Gasteiger partial charge on any atom is -0.494 e. The molecule has 30 heavy (non-hydrogen) atoms. The molecule has 0 radical (unpaired) electrons. The normalized spacial score (nSPS) is 15.4. The first-order chi connectivity index (χ1) is 14.4. The Hall–Kier alpha value is -2.48. The summed E-state index contributed by atoms with van der Waals surface area (Å²) in [6.07, 6.45) is 8.85. The quantitative estimate of drug-likeness (QED) is 0.178. The average molecular weight is 421 g/mol. The van der Waals surface area contributed by atoms with Crippen LogP contribution in [-0.2, 0) is 4.79 Å². The lowest BCUT2D eigenvalue weighted by Crippen LogP contribution is -2.46. The summed E-state index contributed by atoms with van der Waals surface area (Å²) in [7, 11) is 0. The van der Waals surface area contributed by atoms with Gasteiger partial charge in [-0.3, -0.25) is 19.7 Å². The topological polar surface area (TPSA) is 110 Å². The highest BCUT2D eigenvalue weighted by atomic mass is 16.6. The third-order valence-corrected chi connectivity index (χ3v) is 5.54. The first-order valence-corrected chi connectivity index (χ1v) is 10.8. The van der Waals surface area contributed by atoms with Crippen molar-refractivity contribution in [3.63, 3.8) is 0 Å². The van der Waals surface area contributed by atoms with Crippen LogP contribution >= 0.6 is 0 Å². The van der Waals surface area contributed by atoms with Gasteiger partial charge in [0.25, 0.3) is 5.69 Å². The number of amides is 1. The number of ether oxygens (including phenoxy) is 1. The molecule has 1 amide bonds. The second-order valence-electron chi connectivity index (χ2n) is 7.83. The van der Waals surface area contributed by atoms with Crippen LogP contribution in [-0.4, -0.2) is 46.0 Å². The Morgan fingerprint density at radius 1 is 1.27 bits per heavy atom. The van der Waals surface area contributed by atoms with Crippen LogP contribution < -0.4 is 4.74 Å². The number of carbonyl (C=O) groups is 2. The number of carbonyl (C=O) groups excluding carboxylic acids is 2. The van der Waals surface area contributed by atoms with Crippen molar-refractivity contribution in [2.45, 2.75) is 83.4 Å². The zero-order valence-electron chi connectivity index (χ0n) is 17.6. The lowest BCUT2D eigenvalue weighted by atomic mass is 9.93. The third kappa shape index (κ3) is 7.09. The van der Waals surface area contributed by atoms with Crippen LogP contribution in [0.25, 0.3) is 0 Å². The van der Waals surface area contributed by atoms with E-state index in [1.54, 1.807) is 11.8 Å². The fraction of sp³-hybridized carbons (Fsp3) is 0.636. The molecule has 1 aromatic carbocycles. The minimum atomic E-state index is -0.744. The van der Waals surface area contributed by atoms with Crippen LogP contribution in [0.4, 0.5) is 5.69 Å². The molecule has 166 valence electrons. The molecular weight excluding hydrogens is 388 g/mol. The van der Waals surface area contributed by atoms with E-state index in [0.717, 1.165) is 51.4 Å². The molecule has 8 heteroatoms. The van der Waals surface area contributed by atoms with Gasteiger partial charge in [0.1, 0.15) is 12.0 Å². The van der Waals surface area contributed by atoms with E-state index in [2.05, 4.69) is 0 Å². The Morgan fingerprint density at radius 2 is 1.97 bits per heavy atom.